The average Bonchev–Trinajstić information content (AvgIpc) is 3.16. The molecule has 1 saturated heterocycles. The molecule has 0 spiro atoms. The van der Waals surface area contributed by atoms with Gasteiger partial charge in [-0.3, -0.25) is 9.69 Å². The monoisotopic (exact) mass is 438 g/mol. The topological polar surface area (TPSA) is 66.3 Å². The first-order valence-electron chi connectivity index (χ1n) is 10.4. The van der Waals surface area contributed by atoms with Crippen LogP contribution in [0.5, 0.6) is 0 Å². The van der Waals surface area contributed by atoms with Gasteiger partial charge >= 0.3 is 0 Å². The molecule has 4 rings (SSSR count). The Kier molecular flexibility index (Phi) is 6.65. The van der Waals surface area contributed by atoms with Crippen LogP contribution in [0.1, 0.15) is 27.3 Å². The highest BCUT2D eigenvalue weighted by atomic mass is 35.5. The molecule has 2 heterocycles. The molecule has 8 heteroatoms. The maximum Gasteiger partial charge on any atom is 0.274 e. The minimum absolute atomic E-state index is 0.243. The van der Waals surface area contributed by atoms with Crippen LogP contribution in [0, 0.1) is 6.92 Å². The van der Waals surface area contributed by atoms with Gasteiger partial charge in [0.15, 0.2) is 5.69 Å². The average molecular weight is 439 g/mol. The fourth-order valence-electron chi connectivity index (χ4n) is 3.60. The molecule has 1 fully saturated rings. The molecule has 1 N–H and O–H groups in total. The molecule has 0 unspecified atom stereocenters. The molecule has 0 aliphatic carbocycles. The van der Waals surface area contributed by atoms with Crippen molar-refractivity contribution < 1.29 is 4.79 Å². The van der Waals surface area contributed by atoms with Crippen LogP contribution < -0.4 is 5.32 Å². The summed E-state index contributed by atoms with van der Waals surface area (Å²) in [5.41, 5.74) is 3.94. The second-order valence-electron chi connectivity index (χ2n) is 7.98. The predicted octanol–water partition coefficient (Wildman–Crippen LogP) is 2.91. The fourth-order valence-corrected chi connectivity index (χ4v) is 3.78. The second-order valence-corrected chi connectivity index (χ2v) is 8.42. The van der Waals surface area contributed by atoms with E-state index in [4.69, 9.17) is 11.6 Å². The minimum Gasteiger partial charge on any atom is -0.347 e. The largest absolute Gasteiger partial charge is 0.347 e. The molecule has 162 valence electrons. The normalized spacial score (nSPS) is 15.2. The van der Waals surface area contributed by atoms with Crippen LogP contribution in [0.15, 0.2) is 48.5 Å². The zero-order valence-electron chi connectivity index (χ0n) is 17.9. The molecule has 3 aromatic rings. The zero-order chi connectivity index (χ0) is 21.8. The molecule has 1 amide bonds. The summed E-state index contributed by atoms with van der Waals surface area (Å²) >= 11 is 6.04. The molecule has 1 aliphatic rings. The van der Waals surface area contributed by atoms with Crippen LogP contribution in [0.2, 0.25) is 5.02 Å². The van der Waals surface area contributed by atoms with Crippen molar-refractivity contribution in [2.75, 3.05) is 33.2 Å². The van der Waals surface area contributed by atoms with Crippen molar-refractivity contribution >= 4 is 17.5 Å². The van der Waals surface area contributed by atoms with Crippen molar-refractivity contribution in [2.45, 2.75) is 20.0 Å². The smallest absolute Gasteiger partial charge is 0.274 e. The zero-order valence-corrected chi connectivity index (χ0v) is 18.6. The van der Waals surface area contributed by atoms with Crippen molar-refractivity contribution in [1.82, 2.24) is 30.1 Å². The van der Waals surface area contributed by atoms with Gasteiger partial charge in [0.05, 0.1) is 11.4 Å². The van der Waals surface area contributed by atoms with E-state index in [2.05, 4.69) is 56.6 Å². The Hall–Kier alpha value is -2.74. The highest BCUT2D eigenvalue weighted by Crippen LogP contribution is 2.15. The number of likely N-dealkylation sites (N-methyl/N-ethyl adjacent to an activating group) is 1. The summed E-state index contributed by atoms with van der Waals surface area (Å²) in [6.45, 7) is 7.61. The van der Waals surface area contributed by atoms with Gasteiger partial charge < -0.3 is 10.2 Å². The van der Waals surface area contributed by atoms with Crippen LogP contribution in [-0.4, -0.2) is 63.9 Å². The Morgan fingerprint density at radius 1 is 1.03 bits per heavy atom. The van der Waals surface area contributed by atoms with Gasteiger partial charge in [0.1, 0.15) is 0 Å². The summed E-state index contributed by atoms with van der Waals surface area (Å²) in [6, 6.07) is 15.6. The lowest BCUT2D eigenvalue weighted by Crippen LogP contribution is -2.43. The van der Waals surface area contributed by atoms with Gasteiger partial charge in [-0.25, -0.2) is 0 Å². The first-order valence-corrected chi connectivity index (χ1v) is 10.8. The van der Waals surface area contributed by atoms with Crippen molar-refractivity contribution in [2.24, 2.45) is 0 Å². The molecule has 0 bridgehead atoms. The SMILES string of the molecule is Cc1nn(-c2cccc(Cl)c2)nc1C(=O)NCc1ccc(CN2CCN(C)CC2)cc1. The summed E-state index contributed by atoms with van der Waals surface area (Å²) in [4.78, 5) is 18.9. The Balaban J connectivity index is 1.33. The molecule has 0 radical (unpaired) electrons. The number of carbonyl (C=O) groups is 1. The summed E-state index contributed by atoms with van der Waals surface area (Å²) in [6.07, 6.45) is 0. The van der Waals surface area contributed by atoms with Crippen molar-refractivity contribution in [3.05, 3.63) is 76.1 Å². The highest BCUT2D eigenvalue weighted by Gasteiger charge is 2.17. The number of rotatable bonds is 6. The summed E-state index contributed by atoms with van der Waals surface area (Å²) < 4.78 is 0. The number of hydrogen-bond donors (Lipinski definition) is 1. The van der Waals surface area contributed by atoms with Gasteiger partial charge in [-0.1, -0.05) is 41.9 Å². The van der Waals surface area contributed by atoms with E-state index in [-0.39, 0.29) is 5.91 Å². The van der Waals surface area contributed by atoms with Crippen LogP contribution in [0.4, 0.5) is 0 Å². The number of piperazine rings is 1. The molecule has 1 aliphatic heterocycles. The maximum atomic E-state index is 12.6. The van der Waals surface area contributed by atoms with Gasteiger partial charge in [-0.05, 0) is 43.3 Å². The van der Waals surface area contributed by atoms with Crippen LogP contribution >= 0.6 is 11.6 Å². The number of nitrogens with one attached hydrogen (secondary N) is 1. The molecule has 1 aromatic heterocycles. The third kappa shape index (κ3) is 5.50. The Labute approximate surface area is 187 Å². The summed E-state index contributed by atoms with van der Waals surface area (Å²) in [5, 5.41) is 12.2. The predicted molar refractivity (Wildman–Crippen MR) is 121 cm³/mol. The van der Waals surface area contributed by atoms with E-state index >= 15 is 0 Å². The lowest BCUT2D eigenvalue weighted by Gasteiger charge is -2.32. The van der Waals surface area contributed by atoms with E-state index in [1.54, 1.807) is 19.1 Å². The number of carbonyl (C=O) groups excluding carboxylic acids is 1. The Morgan fingerprint density at radius 2 is 1.74 bits per heavy atom. The fraction of sp³-hybridized carbons (Fsp3) is 0.348. The lowest BCUT2D eigenvalue weighted by molar-refractivity contribution is 0.0945. The number of aromatic nitrogens is 3. The summed E-state index contributed by atoms with van der Waals surface area (Å²) in [7, 11) is 2.17. The van der Waals surface area contributed by atoms with Crippen LogP contribution in [0.25, 0.3) is 5.69 Å². The van der Waals surface area contributed by atoms with E-state index in [0.717, 1.165) is 38.3 Å². The third-order valence-electron chi connectivity index (χ3n) is 5.51. The highest BCUT2D eigenvalue weighted by molar-refractivity contribution is 6.30. The molecule has 7 nitrogen and oxygen atoms in total. The Bertz CT molecular complexity index is 1040. The number of nitrogens with zero attached hydrogens (tertiary/aromatic N) is 5. The number of amides is 1. The first-order chi connectivity index (χ1) is 15.0. The van der Waals surface area contributed by atoms with Crippen molar-refractivity contribution in [3.8, 4) is 5.69 Å². The van der Waals surface area contributed by atoms with Gasteiger partial charge in [0.25, 0.3) is 5.91 Å². The van der Waals surface area contributed by atoms with E-state index in [0.29, 0.717) is 28.6 Å². The van der Waals surface area contributed by atoms with Gasteiger partial charge in [-0.2, -0.15) is 9.90 Å². The minimum atomic E-state index is -0.243. The third-order valence-corrected chi connectivity index (χ3v) is 5.75. The van der Waals surface area contributed by atoms with Crippen molar-refractivity contribution in [1.29, 1.82) is 0 Å². The molecular weight excluding hydrogens is 412 g/mol. The molecule has 0 atom stereocenters. The van der Waals surface area contributed by atoms with Gasteiger partial charge in [0.2, 0.25) is 0 Å². The lowest BCUT2D eigenvalue weighted by atomic mass is 10.1. The number of hydrogen-bond acceptors (Lipinski definition) is 5. The number of halogens is 1. The van der Waals surface area contributed by atoms with Crippen molar-refractivity contribution in [3.63, 3.8) is 0 Å². The standard InChI is InChI=1S/C23H27ClN6O/c1-17-22(27-30(26-17)21-5-3-4-20(24)14-21)23(31)25-15-18-6-8-19(9-7-18)16-29-12-10-28(2)11-13-29/h3-9,14H,10-13,15-16H2,1-2H3,(H,25,31). The van der Waals surface area contributed by atoms with Gasteiger partial charge in [-0.15, -0.1) is 5.10 Å². The quantitative estimate of drug-likeness (QED) is 0.641. The van der Waals surface area contributed by atoms with Crippen LogP contribution in [0.3, 0.4) is 0 Å². The van der Waals surface area contributed by atoms with E-state index in [1.807, 2.05) is 12.1 Å². The number of aryl methyl sites for hydroxylation is 1. The van der Waals surface area contributed by atoms with E-state index in [1.165, 1.54) is 10.4 Å². The molecule has 31 heavy (non-hydrogen) atoms. The van der Waals surface area contributed by atoms with E-state index < -0.39 is 0 Å². The Morgan fingerprint density at radius 3 is 2.45 bits per heavy atom. The second kappa shape index (κ2) is 9.60. The maximum absolute atomic E-state index is 12.6. The van der Waals surface area contributed by atoms with Gasteiger partial charge in [0, 0.05) is 44.3 Å². The van der Waals surface area contributed by atoms with Crippen LogP contribution in [-0.2, 0) is 13.1 Å². The summed E-state index contributed by atoms with van der Waals surface area (Å²) in [5.74, 6) is -0.243. The molecule has 0 saturated carbocycles. The number of benzene rings is 2. The molecule has 2 aromatic carbocycles. The molecular formula is C23H27ClN6O. The van der Waals surface area contributed by atoms with E-state index in [9.17, 15) is 4.79 Å². The first kappa shape index (κ1) is 21.5.